The lowest BCUT2D eigenvalue weighted by Crippen LogP contribution is -2.39. The lowest BCUT2D eigenvalue weighted by molar-refractivity contribution is -0.128. The molecule has 1 amide bonds. The molecule has 0 atom stereocenters. The first-order chi connectivity index (χ1) is 7.86. The number of aromatic nitrogens is 2. The van der Waals surface area contributed by atoms with E-state index in [9.17, 15) is 4.79 Å². The van der Waals surface area contributed by atoms with Crippen LogP contribution in [-0.2, 0) is 4.79 Å². The molecule has 0 aliphatic carbocycles. The zero-order valence-electron chi connectivity index (χ0n) is 9.84. The van der Waals surface area contributed by atoms with E-state index in [0.717, 1.165) is 0 Å². The summed E-state index contributed by atoms with van der Waals surface area (Å²) in [6.07, 6.45) is 1.56. The van der Waals surface area contributed by atoms with Gasteiger partial charge < -0.3 is 10.6 Å². The molecule has 1 rings (SSSR count). The van der Waals surface area contributed by atoms with Crippen LogP contribution in [0.2, 0.25) is 5.28 Å². The van der Waals surface area contributed by atoms with Gasteiger partial charge in [0.15, 0.2) is 0 Å². The Kier molecular flexibility index (Phi) is 4.70. The lowest BCUT2D eigenvalue weighted by Gasteiger charge is -2.23. The van der Waals surface area contributed by atoms with Crippen molar-refractivity contribution in [2.24, 2.45) is 5.41 Å². The molecule has 1 heterocycles. The number of hydrogen-bond acceptors (Lipinski definition) is 4. The van der Waals surface area contributed by atoms with Crippen LogP contribution < -0.4 is 10.6 Å². The monoisotopic (exact) mass is 320 g/mol. The zero-order valence-corrected chi connectivity index (χ0v) is 12.2. The average molecular weight is 322 g/mol. The maximum atomic E-state index is 11.6. The summed E-state index contributed by atoms with van der Waals surface area (Å²) in [5, 5.41) is 5.84. The van der Waals surface area contributed by atoms with Gasteiger partial charge in [-0.1, -0.05) is 0 Å². The van der Waals surface area contributed by atoms with E-state index in [0.29, 0.717) is 16.8 Å². The number of nitrogens with one attached hydrogen (secondary N) is 2. The molecule has 7 heteroatoms. The fourth-order valence-electron chi connectivity index (χ4n) is 1.19. The van der Waals surface area contributed by atoms with Crippen molar-refractivity contribution < 1.29 is 4.79 Å². The van der Waals surface area contributed by atoms with Crippen molar-refractivity contribution in [3.8, 4) is 0 Å². The van der Waals surface area contributed by atoms with Crippen molar-refractivity contribution in [2.75, 3.05) is 18.9 Å². The normalized spacial score (nSPS) is 11.1. The molecule has 0 unspecified atom stereocenters. The van der Waals surface area contributed by atoms with Gasteiger partial charge in [0.05, 0.1) is 9.89 Å². The van der Waals surface area contributed by atoms with Gasteiger partial charge in [0.25, 0.3) is 0 Å². The standard InChI is InChI=1S/C10H14BrClN4O/c1-10(2,8(17)13-3)5-15-7-6(11)4-14-9(12)16-7/h4H,5H2,1-3H3,(H,13,17)(H,14,15,16). The second kappa shape index (κ2) is 5.64. The highest BCUT2D eigenvalue weighted by atomic mass is 79.9. The third-order valence-electron chi connectivity index (χ3n) is 2.25. The van der Waals surface area contributed by atoms with Crippen LogP contribution in [0.4, 0.5) is 5.82 Å². The molecular formula is C10H14BrClN4O. The van der Waals surface area contributed by atoms with Gasteiger partial charge in [-0.2, -0.15) is 4.98 Å². The predicted octanol–water partition coefficient (Wildman–Crippen LogP) is 2.08. The van der Waals surface area contributed by atoms with Gasteiger partial charge in [-0.3, -0.25) is 4.79 Å². The number of carbonyl (C=O) groups is 1. The lowest BCUT2D eigenvalue weighted by atomic mass is 9.92. The molecule has 94 valence electrons. The van der Waals surface area contributed by atoms with Crippen molar-refractivity contribution in [3.05, 3.63) is 16.0 Å². The number of halogens is 2. The molecule has 5 nitrogen and oxygen atoms in total. The van der Waals surface area contributed by atoms with Crippen LogP contribution in [0.15, 0.2) is 10.7 Å². The number of nitrogens with zero attached hydrogens (tertiary/aromatic N) is 2. The predicted molar refractivity (Wildman–Crippen MR) is 71.1 cm³/mol. The molecule has 0 bridgehead atoms. The molecule has 17 heavy (non-hydrogen) atoms. The summed E-state index contributed by atoms with van der Waals surface area (Å²) in [5.41, 5.74) is -0.536. The molecule has 0 aliphatic rings. The minimum absolute atomic E-state index is 0.0405. The summed E-state index contributed by atoms with van der Waals surface area (Å²) in [6, 6.07) is 0. The SMILES string of the molecule is CNC(=O)C(C)(C)CNc1nc(Cl)ncc1Br. The summed E-state index contributed by atoms with van der Waals surface area (Å²) in [6.45, 7) is 4.13. The molecule has 0 saturated heterocycles. The second-order valence-corrected chi connectivity index (χ2v) is 5.34. The van der Waals surface area contributed by atoms with E-state index in [1.165, 1.54) is 0 Å². The van der Waals surface area contributed by atoms with Gasteiger partial charge >= 0.3 is 0 Å². The van der Waals surface area contributed by atoms with Gasteiger partial charge in [-0.25, -0.2) is 4.98 Å². The first-order valence-corrected chi connectivity index (χ1v) is 6.18. The quantitative estimate of drug-likeness (QED) is 0.833. The molecule has 0 fully saturated rings. The van der Waals surface area contributed by atoms with Gasteiger partial charge in [0.2, 0.25) is 11.2 Å². The molecule has 1 aromatic rings. The van der Waals surface area contributed by atoms with Crippen molar-refractivity contribution in [1.29, 1.82) is 0 Å². The van der Waals surface area contributed by atoms with Gasteiger partial charge in [-0.15, -0.1) is 0 Å². The maximum Gasteiger partial charge on any atom is 0.227 e. The molecule has 0 saturated carbocycles. The van der Waals surface area contributed by atoms with Gasteiger partial charge in [-0.05, 0) is 41.4 Å². The summed E-state index contributed by atoms with van der Waals surface area (Å²) >= 11 is 9.00. The molecule has 1 aromatic heterocycles. The number of carbonyl (C=O) groups excluding carboxylic acids is 1. The highest BCUT2D eigenvalue weighted by Gasteiger charge is 2.26. The second-order valence-electron chi connectivity index (χ2n) is 4.15. The van der Waals surface area contributed by atoms with E-state index in [1.54, 1.807) is 13.2 Å². The zero-order chi connectivity index (χ0) is 13.1. The summed E-state index contributed by atoms with van der Waals surface area (Å²) < 4.78 is 0.703. The molecule has 2 N–H and O–H groups in total. The van der Waals surface area contributed by atoms with Gasteiger partial charge in [0, 0.05) is 19.8 Å². The third kappa shape index (κ3) is 3.81. The first kappa shape index (κ1) is 14.2. The topological polar surface area (TPSA) is 66.9 Å². The number of amides is 1. The molecule has 0 spiro atoms. The Labute approximate surface area is 113 Å². The fraction of sp³-hybridized carbons (Fsp3) is 0.500. The van der Waals surface area contributed by atoms with Crippen molar-refractivity contribution in [1.82, 2.24) is 15.3 Å². The van der Waals surface area contributed by atoms with Gasteiger partial charge in [0.1, 0.15) is 5.82 Å². The Hall–Kier alpha value is -0.880. The van der Waals surface area contributed by atoms with E-state index in [-0.39, 0.29) is 11.2 Å². The smallest absolute Gasteiger partial charge is 0.227 e. The van der Waals surface area contributed by atoms with Crippen molar-refractivity contribution >= 4 is 39.3 Å². The molecule has 0 radical (unpaired) electrons. The number of anilines is 1. The Morgan fingerprint density at radius 3 is 2.82 bits per heavy atom. The number of rotatable bonds is 4. The van der Waals surface area contributed by atoms with Crippen LogP contribution in [0.5, 0.6) is 0 Å². The van der Waals surface area contributed by atoms with Crippen LogP contribution in [0.1, 0.15) is 13.8 Å². The van der Waals surface area contributed by atoms with Crippen molar-refractivity contribution in [2.45, 2.75) is 13.8 Å². The maximum absolute atomic E-state index is 11.6. The van der Waals surface area contributed by atoms with Crippen LogP contribution in [0.3, 0.4) is 0 Å². The largest absolute Gasteiger partial charge is 0.368 e. The van der Waals surface area contributed by atoms with Crippen LogP contribution >= 0.6 is 27.5 Å². The van der Waals surface area contributed by atoms with E-state index in [1.807, 2.05) is 13.8 Å². The molecule has 0 aromatic carbocycles. The van der Waals surface area contributed by atoms with E-state index in [2.05, 4.69) is 36.5 Å². The number of hydrogen-bond donors (Lipinski definition) is 2. The molecule has 0 aliphatic heterocycles. The first-order valence-electron chi connectivity index (χ1n) is 5.01. The summed E-state index contributed by atoms with van der Waals surface area (Å²) in [7, 11) is 1.61. The van der Waals surface area contributed by atoms with Crippen molar-refractivity contribution in [3.63, 3.8) is 0 Å². The minimum Gasteiger partial charge on any atom is -0.368 e. The van der Waals surface area contributed by atoms with E-state index >= 15 is 0 Å². The average Bonchev–Trinajstić information content (AvgIpc) is 2.29. The Morgan fingerprint density at radius 2 is 2.24 bits per heavy atom. The third-order valence-corrected chi connectivity index (χ3v) is 3.02. The highest BCUT2D eigenvalue weighted by molar-refractivity contribution is 9.10. The van der Waals surface area contributed by atoms with E-state index in [4.69, 9.17) is 11.6 Å². The molecular weight excluding hydrogens is 307 g/mol. The Balaban J connectivity index is 2.73. The fourth-order valence-corrected chi connectivity index (χ4v) is 1.66. The highest BCUT2D eigenvalue weighted by Crippen LogP contribution is 2.22. The Morgan fingerprint density at radius 1 is 1.59 bits per heavy atom. The summed E-state index contributed by atoms with van der Waals surface area (Å²) in [4.78, 5) is 19.4. The minimum atomic E-state index is -0.536. The van der Waals surface area contributed by atoms with Crippen LogP contribution in [-0.4, -0.2) is 29.5 Å². The van der Waals surface area contributed by atoms with Crippen LogP contribution in [0.25, 0.3) is 0 Å². The van der Waals surface area contributed by atoms with E-state index < -0.39 is 5.41 Å². The Bertz CT molecular complexity index is 425. The summed E-state index contributed by atoms with van der Waals surface area (Å²) in [5.74, 6) is 0.531. The van der Waals surface area contributed by atoms with Crippen LogP contribution in [0, 0.1) is 5.41 Å².